The Balaban J connectivity index is 1.77. The SMILES string of the molecule is COC1CCCN(c2cc(N)c(C(=O)C3CC3)s2)C1. The van der Waals surface area contributed by atoms with E-state index in [1.54, 1.807) is 18.4 Å². The van der Waals surface area contributed by atoms with E-state index in [2.05, 4.69) is 4.90 Å². The zero-order valence-corrected chi connectivity index (χ0v) is 12.0. The number of hydrogen-bond donors (Lipinski definition) is 1. The molecule has 0 radical (unpaired) electrons. The summed E-state index contributed by atoms with van der Waals surface area (Å²) in [4.78, 5) is 15.2. The number of nitrogens with two attached hydrogens (primary N) is 1. The predicted molar refractivity (Wildman–Crippen MR) is 78.0 cm³/mol. The molecule has 2 aliphatic rings. The molecule has 0 spiro atoms. The molecule has 1 aliphatic heterocycles. The lowest BCUT2D eigenvalue weighted by Crippen LogP contribution is -2.38. The van der Waals surface area contributed by atoms with Gasteiger partial charge in [-0.1, -0.05) is 0 Å². The van der Waals surface area contributed by atoms with Gasteiger partial charge in [-0.3, -0.25) is 4.79 Å². The summed E-state index contributed by atoms with van der Waals surface area (Å²) >= 11 is 1.55. The lowest BCUT2D eigenvalue weighted by molar-refractivity contribution is 0.0895. The van der Waals surface area contributed by atoms with Gasteiger partial charge in [0.1, 0.15) is 0 Å². The van der Waals surface area contributed by atoms with Crippen molar-refractivity contribution in [2.75, 3.05) is 30.8 Å². The maximum atomic E-state index is 12.1. The van der Waals surface area contributed by atoms with E-state index in [-0.39, 0.29) is 11.7 Å². The van der Waals surface area contributed by atoms with Crippen LogP contribution in [0.2, 0.25) is 0 Å². The Kier molecular flexibility index (Phi) is 3.50. The molecule has 2 N–H and O–H groups in total. The summed E-state index contributed by atoms with van der Waals surface area (Å²) in [6.07, 6.45) is 4.59. The molecule has 0 aromatic carbocycles. The number of piperidine rings is 1. The first-order chi connectivity index (χ1) is 9.19. The van der Waals surface area contributed by atoms with Crippen LogP contribution in [0, 0.1) is 5.92 Å². The maximum absolute atomic E-state index is 12.1. The third-order valence-corrected chi connectivity index (χ3v) is 5.17. The number of anilines is 2. The van der Waals surface area contributed by atoms with Crippen LogP contribution in [0.15, 0.2) is 6.07 Å². The van der Waals surface area contributed by atoms with Gasteiger partial charge in [-0.15, -0.1) is 11.3 Å². The van der Waals surface area contributed by atoms with Gasteiger partial charge in [0.2, 0.25) is 0 Å². The highest BCUT2D eigenvalue weighted by Gasteiger charge is 2.33. The number of carbonyl (C=O) groups is 1. The third-order valence-electron chi connectivity index (χ3n) is 3.94. The largest absolute Gasteiger partial charge is 0.397 e. The number of ketones is 1. The minimum absolute atomic E-state index is 0.238. The van der Waals surface area contributed by atoms with Gasteiger partial charge < -0.3 is 15.4 Å². The van der Waals surface area contributed by atoms with Gasteiger partial charge in [-0.2, -0.15) is 0 Å². The molecule has 2 heterocycles. The predicted octanol–water partition coefficient (Wildman–Crippen LogP) is 2.54. The quantitative estimate of drug-likeness (QED) is 0.861. The Morgan fingerprint density at radius 1 is 1.47 bits per heavy atom. The highest BCUT2D eigenvalue weighted by molar-refractivity contribution is 7.18. The minimum Gasteiger partial charge on any atom is -0.397 e. The zero-order chi connectivity index (χ0) is 13.4. The average molecular weight is 280 g/mol. The Morgan fingerprint density at radius 2 is 2.26 bits per heavy atom. The van der Waals surface area contributed by atoms with Gasteiger partial charge in [0.05, 0.1) is 21.7 Å². The molecular formula is C14H20N2O2S. The molecule has 1 saturated carbocycles. The second-order valence-electron chi connectivity index (χ2n) is 5.45. The summed E-state index contributed by atoms with van der Waals surface area (Å²) < 4.78 is 5.44. The summed E-state index contributed by atoms with van der Waals surface area (Å²) in [6.45, 7) is 1.92. The second-order valence-corrected chi connectivity index (χ2v) is 6.48. The first-order valence-corrected chi connectivity index (χ1v) is 7.72. The van der Waals surface area contributed by atoms with E-state index >= 15 is 0 Å². The molecule has 1 saturated heterocycles. The molecule has 19 heavy (non-hydrogen) atoms. The van der Waals surface area contributed by atoms with Crippen LogP contribution in [-0.4, -0.2) is 32.1 Å². The van der Waals surface area contributed by atoms with Crippen molar-refractivity contribution in [3.63, 3.8) is 0 Å². The number of hydrogen-bond acceptors (Lipinski definition) is 5. The molecule has 1 aromatic heterocycles. The first kappa shape index (κ1) is 12.9. The van der Waals surface area contributed by atoms with Gasteiger partial charge in [0, 0.05) is 26.1 Å². The van der Waals surface area contributed by atoms with Gasteiger partial charge in [0.15, 0.2) is 5.78 Å². The van der Waals surface area contributed by atoms with E-state index in [4.69, 9.17) is 10.5 Å². The van der Waals surface area contributed by atoms with Crippen LogP contribution in [0.25, 0.3) is 0 Å². The van der Waals surface area contributed by atoms with Gasteiger partial charge in [0.25, 0.3) is 0 Å². The fourth-order valence-electron chi connectivity index (χ4n) is 2.60. The number of rotatable bonds is 4. The van der Waals surface area contributed by atoms with Gasteiger partial charge >= 0.3 is 0 Å². The van der Waals surface area contributed by atoms with Crippen molar-refractivity contribution < 1.29 is 9.53 Å². The van der Waals surface area contributed by atoms with Crippen molar-refractivity contribution in [2.45, 2.75) is 31.8 Å². The molecule has 104 valence electrons. The number of ether oxygens (including phenoxy) is 1. The van der Waals surface area contributed by atoms with Crippen LogP contribution in [0.3, 0.4) is 0 Å². The normalized spacial score (nSPS) is 23.6. The average Bonchev–Trinajstić information content (AvgIpc) is 3.21. The first-order valence-electron chi connectivity index (χ1n) is 6.90. The fraction of sp³-hybridized carbons (Fsp3) is 0.643. The number of Topliss-reactive ketones (excluding diaryl/α,β-unsaturated/α-hetero) is 1. The van der Waals surface area contributed by atoms with E-state index < -0.39 is 0 Å². The number of carbonyl (C=O) groups excluding carboxylic acids is 1. The summed E-state index contributed by atoms with van der Waals surface area (Å²) in [7, 11) is 1.76. The summed E-state index contributed by atoms with van der Waals surface area (Å²) in [5, 5.41) is 1.11. The van der Waals surface area contributed by atoms with Crippen molar-refractivity contribution in [3.05, 3.63) is 10.9 Å². The van der Waals surface area contributed by atoms with E-state index in [1.165, 1.54) is 0 Å². The fourth-order valence-corrected chi connectivity index (χ4v) is 3.74. The topological polar surface area (TPSA) is 55.6 Å². The minimum atomic E-state index is 0.238. The van der Waals surface area contributed by atoms with Crippen LogP contribution in [0.4, 0.5) is 10.7 Å². The standard InChI is InChI=1S/C14H20N2O2S/c1-18-10-3-2-6-16(8-10)12-7-11(15)14(19-12)13(17)9-4-5-9/h7,9-10H,2-6,8,15H2,1H3. The van der Waals surface area contributed by atoms with Crippen LogP contribution in [0.5, 0.6) is 0 Å². The number of methoxy groups -OCH3 is 1. The Hall–Kier alpha value is -1.07. The molecule has 5 heteroatoms. The summed E-state index contributed by atoms with van der Waals surface area (Å²) in [6, 6.07) is 1.96. The van der Waals surface area contributed by atoms with Crippen LogP contribution in [-0.2, 0) is 4.74 Å². The van der Waals surface area contributed by atoms with Gasteiger partial charge in [-0.05, 0) is 31.7 Å². The van der Waals surface area contributed by atoms with Crippen LogP contribution < -0.4 is 10.6 Å². The number of nitrogens with zero attached hydrogens (tertiary/aromatic N) is 1. The Labute approximate surface area is 117 Å². The highest BCUT2D eigenvalue weighted by atomic mass is 32.1. The molecule has 0 bridgehead atoms. The second kappa shape index (κ2) is 5.13. The molecule has 4 nitrogen and oxygen atoms in total. The van der Waals surface area contributed by atoms with E-state index in [9.17, 15) is 4.79 Å². The maximum Gasteiger partial charge on any atom is 0.178 e. The molecule has 1 aromatic rings. The zero-order valence-electron chi connectivity index (χ0n) is 11.2. The van der Waals surface area contributed by atoms with Crippen molar-refractivity contribution in [2.24, 2.45) is 5.92 Å². The van der Waals surface area contributed by atoms with E-state index in [1.807, 2.05) is 6.07 Å². The van der Waals surface area contributed by atoms with E-state index in [0.29, 0.717) is 11.8 Å². The molecule has 1 aliphatic carbocycles. The van der Waals surface area contributed by atoms with Crippen molar-refractivity contribution in [1.82, 2.24) is 0 Å². The van der Waals surface area contributed by atoms with Crippen LogP contribution in [0.1, 0.15) is 35.4 Å². The van der Waals surface area contributed by atoms with E-state index in [0.717, 1.165) is 48.7 Å². The summed E-state index contributed by atoms with van der Waals surface area (Å²) in [5.41, 5.74) is 6.66. The molecule has 1 unspecified atom stereocenters. The summed E-state index contributed by atoms with van der Waals surface area (Å²) in [5.74, 6) is 0.482. The smallest absolute Gasteiger partial charge is 0.178 e. The van der Waals surface area contributed by atoms with Gasteiger partial charge in [-0.25, -0.2) is 0 Å². The van der Waals surface area contributed by atoms with Crippen molar-refractivity contribution in [3.8, 4) is 0 Å². The van der Waals surface area contributed by atoms with Crippen molar-refractivity contribution >= 4 is 27.8 Å². The molecule has 1 atom stereocenters. The molecule has 3 rings (SSSR count). The van der Waals surface area contributed by atoms with Crippen molar-refractivity contribution in [1.29, 1.82) is 0 Å². The number of thiophene rings is 1. The number of nitrogen functional groups attached to an aromatic ring is 1. The molecule has 2 fully saturated rings. The monoisotopic (exact) mass is 280 g/mol. The lowest BCUT2D eigenvalue weighted by Gasteiger charge is -2.32. The Bertz CT molecular complexity index is 482. The Morgan fingerprint density at radius 3 is 2.95 bits per heavy atom. The van der Waals surface area contributed by atoms with Crippen LogP contribution >= 0.6 is 11.3 Å². The highest BCUT2D eigenvalue weighted by Crippen LogP contribution is 2.40. The lowest BCUT2D eigenvalue weighted by atomic mass is 10.1. The molecular weight excluding hydrogens is 260 g/mol. The molecule has 0 amide bonds. The third kappa shape index (κ3) is 2.62.